The van der Waals surface area contributed by atoms with E-state index in [2.05, 4.69) is 36.2 Å². The summed E-state index contributed by atoms with van der Waals surface area (Å²) in [6.45, 7) is 0. The maximum Gasteiger partial charge on any atom is 0.0402 e. The van der Waals surface area contributed by atoms with Gasteiger partial charge in [0.25, 0.3) is 0 Å². The second kappa shape index (κ2) is 4.72. The molecule has 0 radical (unpaired) electrons. The largest absolute Gasteiger partial charge is 0.371 e. The summed E-state index contributed by atoms with van der Waals surface area (Å²) in [6, 6.07) is 9.82. The summed E-state index contributed by atoms with van der Waals surface area (Å²) >= 11 is 0. The molecule has 0 spiro atoms. The Morgan fingerprint density at radius 2 is 1.65 bits per heavy atom. The van der Waals surface area contributed by atoms with Crippen LogP contribution in [0.25, 0.3) is 0 Å². The van der Waals surface area contributed by atoms with E-state index in [1.165, 1.54) is 50.6 Å². The molecule has 2 aliphatic rings. The molecule has 1 aliphatic carbocycles. The van der Waals surface area contributed by atoms with Gasteiger partial charge in [-0.2, -0.15) is 0 Å². The van der Waals surface area contributed by atoms with E-state index in [4.69, 9.17) is 0 Å². The Morgan fingerprint density at radius 3 is 2.53 bits per heavy atom. The van der Waals surface area contributed by atoms with Gasteiger partial charge < -0.3 is 4.90 Å². The van der Waals surface area contributed by atoms with Crippen LogP contribution in [0.4, 0.5) is 5.69 Å². The fraction of sp³-hybridized carbons (Fsp3) is 0.625. The van der Waals surface area contributed by atoms with Crippen LogP contribution in [0.3, 0.4) is 0 Å². The smallest absolute Gasteiger partial charge is 0.0402 e. The van der Waals surface area contributed by atoms with Crippen LogP contribution in [0.15, 0.2) is 24.3 Å². The first-order valence-electron chi connectivity index (χ1n) is 7.19. The lowest BCUT2D eigenvalue weighted by atomic mass is 9.88. The predicted molar refractivity (Wildman–Crippen MR) is 73.7 cm³/mol. The van der Waals surface area contributed by atoms with Crippen LogP contribution < -0.4 is 4.90 Å². The maximum absolute atomic E-state index is 2.55. The number of hydrogen-bond donors (Lipinski definition) is 0. The van der Waals surface area contributed by atoms with Crippen LogP contribution in [0, 0.1) is 0 Å². The van der Waals surface area contributed by atoms with Gasteiger partial charge in [-0.25, -0.2) is 0 Å². The van der Waals surface area contributed by atoms with Crippen molar-refractivity contribution in [3.8, 4) is 0 Å². The van der Waals surface area contributed by atoms with E-state index in [0.29, 0.717) is 0 Å². The third-order valence-corrected chi connectivity index (χ3v) is 4.69. The molecule has 0 saturated heterocycles. The molecule has 2 unspecified atom stereocenters. The van der Waals surface area contributed by atoms with Gasteiger partial charge in [0.05, 0.1) is 0 Å². The van der Waals surface area contributed by atoms with Crippen molar-refractivity contribution in [1.82, 2.24) is 0 Å². The average molecular weight is 229 g/mol. The summed E-state index contributed by atoms with van der Waals surface area (Å²) < 4.78 is 0. The normalized spacial score (nSPS) is 28.9. The SMILES string of the molecule is CN1c2ccccc2C2CCCCCCCC21. The third-order valence-electron chi connectivity index (χ3n) is 4.69. The van der Waals surface area contributed by atoms with E-state index in [1.807, 2.05) is 0 Å². The van der Waals surface area contributed by atoms with Crippen LogP contribution >= 0.6 is 0 Å². The fourth-order valence-corrected chi connectivity index (χ4v) is 3.77. The maximum atomic E-state index is 2.55. The van der Waals surface area contributed by atoms with Crippen molar-refractivity contribution in [3.05, 3.63) is 29.8 Å². The zero-order valence-corrected chi connectivity index (χ0v) is 10.9. The number of fused-ring (bicyclic) bond motifs is 3. The Morgan fingerprint density at radius 1 is 0.941 bits per heavy atom. The molecule has 17 heavy (non-hydrogen) atoms. The van der Waals surface area contributed by atoms with Gasteiger partial charge in [-0.3, -0.25) is 0 Å². The number of rotatable bonds is 0. The summed E-state index contributed by atoms with van der Waals surface area (Å²) in [7, 11) is 2.29. The van der Waals surface area contributed by atoms with Crippen LogP contribution in [0.5, 0.6) is 0 Å². The lowest BCUT2D eigenvalue weighted by Gasteiger charge is -2.26. The van der Waals surface area contributed by atoms with Gasteiger partial charge in [-0.1, -0.05) is 50.3 Å². The minimum atomic E-state index is 0.769. The van der Waals surface area contributed by atoms with Crippen molar-refractivity contribution in [1.29, 1.82) is 0 Å². The molecule has 1 heteroatoms. The van der Waals surface area contributed by atoms with Crippen LogP contribution in [-0.2, 0) is 0 Å². The van der Waals surface area contributed by atoms with E-state index in [9.17, 15) is 0 Å². The summed E-state index contributed by atoms with van der Waals surface area (Å²) in [5.41, 5.74) is 3.10. The molecule has 1 aromatic rings. The highest BCUT2D eigenvalue weighted by Crippen LogP contribution is 2.44. The highest BCUT2D eigenvalue weighted by atomic mass is 15.2. The van der Waals surface area contributed by atoms with E-state index >= 15 is 0 Å². The van der Waals surface area contributed by atoms with Gasteiger partial charge in [-0.15, -0.1) is 0 Å². The first-order valence-corrected chi connectivity index (χ1v) is 7.19. The molecule has 92 valence electrons. The molecule has 1 aliphatic heterocycles. The summed E-state index contributed by atoms with van der Waals surface area (Å²) in [4.78, 5) is 2.55. The zero-order valence-electron chi connectivity index (χ0n) is 10.9. The van der Waals surface area contributed by atoms with Gasteiger partial charge in [-0.05, 0) is 24.5 Å². The zero-order chi connectivity index (χ0) is 11.7. The second-order valence-electron chi connectivity index (χ2n) is 5.69. The second-order valence-corrected chi connectivity index (χ2v) is 5.69. The van der Waals surface area contributed by atoms with Crippen molar-refractivity contribution in [2.24, 2.45) is 0 Å². The van der Waals surface area contributed by atoms with Crippen LogP contribution in [0.1, 0.15) is 56.4 Å². The van der Waals surface area contributed by atoms with Crippen LogP contribution in [0.2, 0.25) is 0 Å². The molecule has 3 rings (SSSR count). The van der Waals surface area contributed by atoms with Crippen molar-refractivity contribution in [2.45, 2.75) is 56.9 Å². The number of benzene rings is 1. The van der Waals surface area contributed by atoms with Crippen molar-refractivity contribution in [3.63, 3.8) is 0 Å². The molecule has 0 bridgehead atoms. The highest BCUT2D eigenvalue weighted by molar-refractivity contribution is 5.61. The quantitative estimate of drug-likeness (QED) is 0.640. The Kier molecular flexibility index (Phi) is 3.09. The lowest BCUT2D eigenvalue weighted by Crippen LogP contribution is -2.30. The average Bonchev–Trinajstić information content (AvgIpc) is 2.69. The Bertz CT molecular complexity index is 385. The van der Waals surface area contributed by atoms with E-state index in [-0.39, 0.29) is 0 Å². The van der Waals surface area contributed by atoms with Crippen molar-refractivity contribution >= 4 is 5.69 Å². The van der Waals surface area contributed by atoms with E-state index in [0.717, 1.165) is 12.0 Å². The summed E-state index contributed by atoms with van der Waals surface area (Å²) in [5.74, 6) is 0.800. The first-order chi connectivity index (χ1) is 8.38. The Labute approximate surface area is 105 Å². The molecule has 0 amide bonds. The van der Waals surface area contributed by atoms with E-state index < -0.39 is 0 Å². The molecule has 1 aromatic carbocycles. The molecular formula is C16H23N. The standard InChI is InChI=1S/C16H23N/c1-17-15-11-6-4-2-3-5-9-13(15)14-10-7-8-12-16(14)17/h7-8,10,12-13,15H,2-6,9,11H2,1H3. The number of nitrogens with zero attached hydrogens (tertiary/aromatic N) is 1. The number of likely N-dealkylation sites (N-methyl/N-ethyl adjacent to an activating group) is 1. The van der Waals surface area contributed by atoms with Gasteiger partial charge in [0, 0.05) is 24.7 Å². The Balaban J connectivity index is 1.91. The molecule has 1 heterocycles. The topological polar surface area (TPSA) is 3.24 Å². The lowest BCUT2D eigenvalue weighted by molar-refractivity contribution is 0.477. The molecule has 0 N–H and O–H groups in total. The third kappa shape index (κ3) is 1.96. The van der Waals surface area contributed by atoms with Gasteiger partial charge in [0.15, 0.2) is 0 Å². The predicted octanol–water partition coefficient (Wildman–Crippen LogP) is 4.33. The minimum Gasteiger partial charge on any atom is -0.371 e. The number of anilines is 1. The van der Waals surface area contributed by atoms with Gasteiger partial charge in [0.1, 0.15) is 0 Å². The summed E-state index contributed by atoms with van der Waals surface area (Å²) in [5, 5.41) is 0. The molecule has 1 fully saturated rings. The minimum absolute atomic E-state index is 0.769. The van der Waals surface area contributed by atoms with Crippen molar-refractivity contribution in [2.75, 3.05) is 11.9 Å². The van der Waals surface area contributed by atoms with Gasteiger partial charge >= 0.3 is 0 Å². The molecule has 1 nitrogen and oxygen atoms in total. The molecular weight excluding hydrogens is 206 g/mol. The Hall–Kier alpha value is -0.980. The summed E-state index contributed by atoms with van der Waals surface area (Å²) in [6.07, 6.45) is 9.94. The molecule has 0 aromatic heterocycles. The number of hydrogen-bond acceptors (Lipinski definition) is 1. The van der Waals surface area contributed by atoms with Crippen LogP contribution in [-0.4, -0.2) is 13.1 Å². The van der Waals surface area contributed by atoms with Gasteiger partial charge in [0.2, 0.25) is 0 Å². The fourth-order valence-electron chi connectivity index (χ4n) is 3.77. The highest BCUT2D eigenvalue weighted by Gasteiger charge is 2.35. The molecule has 2 atom stereocenters. The monoisotopic (exact) mass is 229 g/mol. The van der Waals surface area contributed by atoms with E-state index in [1.54, 1.807) is 5.56 Å². The van der Waals surface area contributed by atoms with Crippen molar-refractivity contribution < 1.29 is 0 Å². The first kappa shape index (κ1) is 11.1. The molecule has 1 saturated carbocycles. The number of para-hydroxylation sites is 1.